The molecule has 0 amide bonds. The van der Waals surface area contributed by atoms with Crippen molar-refractivity contribution in [1.29, 1.82) is 0 Å². The molecule has 1 aromatic heterocycles. The smallest absolute Gasteiger partial charge is 0.274 e. The lowest BCUT2D eigenvalue weighted by atomic mass is 10.2. The monoisotopic (exact) mass is 433 g/mol. The zero-order valence-corrected chi connectivity index (χ0v) is 17.1. The normalized spacial score (nSPS) is 10.9. The van der Waals surface area contributed by atoms with Crippen LogP contribution in [0.5, 0.6) is 11.5 Å². The van der Waals surface area contributed by atoms with Gasteiger partial charge in [-0.15, -0.1) is 10.2 Å². The van der Waals surface area contributed by atoms with Gasteiger partial charge in [-0.25, -0.2) is 5.43 Å². The summed E-state index contributed by atoms with van der Waals surface area (Å²) < 4.78 is 11.2. The van der Waals surface area contributed by atoms with Gasteiger partial charge in [-0.1, -0.05) is 29.3 Å². The Morgan fingerprint density at radius 2 is 2.00 bits per heavy atom. The molecule has 0 atom stereocenters. The van der Waals surface area contributed by atoms with Crippen LogP contribution in [0.15, 0.2) is 46.3 Å². The summed E-state index contributed by atoms with van der Waals surface area (Å²) >= 11 is 12.1. The van der Waals surface area contributed by atoms with Gasteiger partial charge < -0.3 is 9.47 Å². The zero-order valence-electron chi connectivity index (χ0n) is 15.6. The average molecular weight is 434 g/mol. The maximum absolute atomic E-state index is 11.5. The molecule has 3 rings (SSSR count). The second kappa shape index (κ2) is 9.40. The van der Waals surface area contributed by atoms with E-state index in [1.54, 1.807) is 50.6 Å². The topological polar surface area (TPSA) is 101 Å². The molecular weight excluding hydrogens is 417 g/mol. The molecule has 150 valence electrons. The van der Waals surface area contributed by atoms with Crippen LogP contribution in [0.2, 0.25) is 10.0 Å². The Morgan fingerprint density at radius 3 is 2.72 bits per heavy atom. The predicted molar refractivity (Wildman–Crippen MR) is 112 cm³/mol. The van der Waals surface area contributed by atoms with Crippen LogP contribution in [0.25, 0.3) is 0 Å². The number of rotatable bonds is 7. The van der Waals surface area contributed by atoms with Gasteiger partial charge in [0.2, 0.25) is 5.95 Å². The molecule has 0 unspecified atom stereocenters. The number of hydrogen-bond donors (Lipinski definition) is 2. The van der Waals surface area contributed by atoms with E-state index >= 15 is 0 Å². The minimum atomic E-state index is -0.332. The van der Waals surface area contributed by atoms with Crippen molar-refractivity contribution in [2.75, 3.05) is 12.5 Å². The Hall–Kier alpha value is -3.10. The van der Waals surface area contributed by atoms with Gasteiger partial charge in [0.1, 0.15) is 12.3 Å². The van der Waals surface area contributed by atoms with Gasteiger partial charge in [0, 0.05) is 15.6 Å². The number of methoxy groups -OCH3 is 1. The van der Waals surface area contributed by atoms with Crippen LogP contribution in [0, 0.1) is 6.92 Å². The second-order valence-electron chi connectivity index (χ2n) is 5.89. The molecule has 1 heterocycles. The van der Waals surface area contributed by atoms with Crippen molar-refractivity contribution in [3.63, 3.8) is 0 Å². The maximum atomic E-state index is 11.5. The van der Waals surface area contributed by atoms with Gasteiger partial charge in [0.05, 0.1) is 13.3 Å². The van der Waals surface area contributed by atoms with E-state index in [2.05, 4.69) is 25.7 Å². The molecule has 3 aromatic rings. The third-order valence-electron chi connectivity index (χ3n) is 3.83. The fourth-order valence-electron chi connectivity index (χ4n) is 2.29. The zero-order chi connectivity index (χ0) is 20.8. The molecule has 0 spiro atoms. The quantitative estimate of drug-likeness (QED) is 0.433. The maximum Gasteiger partial charge on any atom is 0.274 e. The van der Waals surface area contributed by atoms with Gasteiger partial charge in [-0.05, 0) is 42.8 Å². The molecule has 2 N–H and O–H groups in total. The van der Waals surface area contributed by atoms with Crippen molar-refractivity contribution in [3.8, 4) is 11.5 Å². The summed E-state index contributed by atoms with van der Waals surface area (Å²) in [6.07, 6.45) is 1.54. The highest BCUT2D eigenvalue weighted by atomic mass is 35.5. The number of aromatic amines is 1. The lowest BCUT2D eigenvalue weighted by molar-refractivity contribution is 0.284. The molecular formula is C19H17Cl2N5O3. The van der Waals surface area contributed by atoms with Crippen LogP contribution in [0.1, 0.15) is 16.8 Å². The minimum absolute atomic E-state index is 0.142. The van der Waals surface area contributed by atoms with E-state index in [0.717, 1.165) is 11.1 Å². The van der Waals surface area contributed by atoms with Crippen LogP contribution < -0.4 is 20.5 Å². The highest BCUT2D eigenvalue weighted by Gasteiger charge is 2.08. The van der Waals surface area contributed by atoms with Crippen molar-refractivity contribution in [2.45, 2.75) is 13.5 Å². The van der Waals surface area contributed by atoms with Crippen molar-refractivity contribution in [2.24, 2.45) is 5.10 Å². The van der Waals surface area contributed by atoms with Gasteiger partial charge in [0.15, 0.2) is 11.5 Å². The van der Waals surface area contributed by atoms with E-state index in [-0.39, 0.29) is 23.8 Å². The first-order chi connectivity index (χ1) is 14.0. The molecule has 0 saturated carbocycles. The predicted octanol–water partition coefficient (Wildman–Crippen LogP) is 3.81. The number of hydrazone groups is 1. The van der Waals surface area contributed by atoms with Crippen LogP contribution in [-0.2, 0) is 6.61 Å². The summed E-state index contributed by atoms with van der Waals surface area (Å²) in [5.41, 5.74) is 4.11. The van der Waals surface area contributed by atoms with E-state index in [9.17, 15) is 4.79 Å². The number of nitrogens with zero attached hydrogens (tertiary/aromatic N) is 3. The molecule has 0 aliphatic rings. The van der Waals surface area contributed by atoms with Crippen LogP contribution >= 0.6 is 23.2 Å². The van der Waals surface area contributed by atoms with Gasteiger partial charge in [-0.2, -0.15) is 5.10 Å². The fraction of sp³-hybridized carbons (Fsp3) is 0.158. The van der Waals surface area contributed by atoms with Crippen LogP contribution in [0.3, 0.4) is 0 Å². The number of nitrogens with one attached hydrogen (secondary N) is 2. The Bertz CT molecular complexity index is 1100. The standard InChI is InChI=1S/C19H17Cl2N5O3/c1-11-18(27)23-19(26-24-11)25-22-9-12-3-6-16(17(7-12)28-2)29-10-13-4-5-14(20)8-15(13)21/h3-9H,10H2,1-2H3,(H2,23,25,26,27)/b22-9+. The van der Waals surface area contributed by atoms with Crippen molar-refractivity contribution in [3.05, 3.63) is 73.6 Å². The van der Waals surface area contributed by atoms with Gasteiger partial charge >= 0.3 is 0 Å². The van der Waals surface area contributed by atoms with Crippen LogP contribution in [0.4, 0.5) is 5.95 Å². The van der Waals surface area contributed by atoms with E-state index in [4.69, 9.17) is 32.7 Å². The summed E-state index contributed by atoms with van der Waals surface area (Å²) in [5.74, 6) is 1.23. The first kappa shape index (κ1) is 20.6. The van der Waals surface area contributed by atoms with Crippen molar-refractivity contribution >= 4 is 35.4 Å². The van der Waals surface area contributed by atoms with E-state index < -0.39 is 0 Å². The number of halogens is 2. The molecule has 8 nitrogen and oxygen atoms in total. The number of anilines is 1. The third-order valence-corrected chi connectivity index (χ3v) is 4.42. The van der Waals surface area contributed by atoms with Crippen molar-refractivity contribution < 1.29 is 9.47 Å². The summed E-state index contributed by atoms with van der Waals surface area (Å²) in [7, 11) is 1.54. The molecule has 0 radical (unpaired) electrons. The van der Waals surface area contributed by atoms with Crippen LogP contribution in [-0.4, -0.2) is 28.5 Å². The Balaban J connectivity index is 1.67. The molecule has 0 saturated heterocycles. The highest BCUT2D eigenvalue weighted by Crippen LogP contribution is 2.29. The summed E-state index contributed by atoms with van der Waals surface area (Å²) in [6, 6.07) is 10.5. The molecule has 0 aliphatic heterocycles. The van der Waals surface area contributed by atoms with Gasteiger partial charge in [-0.3, -0.25) is 9.78 Å². The Kier molecular flexibility index (Phi) is 6.69. The molecule has 10 heteroatoms. The molecule has 29 heavy (non-hydrogen) atoms. The summed E-state index contributed by atoms with van der Waals surface area (Å²) in [6.45, 7) is 1.83. The highest BCUT2D eigenvalue weighted by molar-refractivity contribution is 6.35. The second-order valence-corrected chi connectivity index (χ2v) is 6.74. The van der Waals surface area contributed by atoms with E-state index in [0.29, 0.717) is 21.5 Å². The van der Waals surface area contributed by atoms with Crippen molar-refractivity contribution in [1.82, 2.24) is 15.2 Å². The minimum Gasteiger partial charge on any atom is -0.493 e. The lowest BCUT2D eigenvalue weighted by Gasteiger charge is -2.12. The number of H-pyrrole nitrogens is 1. The molecule has 2 aromatic carbocycles. The number of aromatic nitrogens is 3. The summed E-state index contributed by atoms with van der Waals surface area (Å²) in [5, 5.41) is 12.6. The van der Waals surface area contributed by atoms with Gasteiger partial charge in [0.25, 0.3) is 5.56 Å². The first-order valence-electron chi connectivity index (χ1n) is 8.43. The molecule has 0 fully saturated rings. The number of ether oxygens (including phenoxy) is 2. The average Bonchev–Trinajstić information content (AvgIpc) is 2.70. The largest absolute Gasteiger partial charge is 0.493 e. The number of hydrogen-bond acceptors (Lipinski definition) is 7. The van der Waals surface area contributed by atoms with E-state index in [1.165, 1.54) is 0 Å². The number of aryl methyl sites for hydroxylation is 1. The SMILES string of the molecule is COc1cc(/C=N/Nc2nnc(C)c(=O)[nH]2)ccc1OCc1ccc(Cl)cc1Cl. The third kappa shape index (κ3) is 5.46. The van der Waals surface area contributed by atoms with E-state index in [1.807, 2.05) is 6.07 Å². The summed E-state index contributed by atoms with van der Waals surface area (Å²) in [4.78, 5) is 14.0. The first-order valence-corrected chi connectivity index (χ1v) is 9.19. The Labute approximate surface area is 176 Å². The molecule has 0 bridgehead atoms. The Morgan fingerprint density at radius 1 is 1.17 bits per heavy atom. The lowest BCUT2D eigenvalue weighted by Crippen LogP contribution is -2.15. The number of benzene rings is 2. The molecule has 0 aliphatic carbocycles. The fourth-order valence-corrected chi connectivity index (χ4v) is 2.75.